The summed E-state index contributed by atoms with van der Waals surface area (Å²) >= 11 is 0. The fourth-order valence-corrected chi connectivity index (χ4v) is 5.00. The third-order valence-corrected chi connectivity index (χ3v) is 6.87. The number of benzene rings is 2. The molecule has 1 aliphatic heterocycles. The van der Waals surface area contributed by atoms with Crippen LogP contribution in [0, 0.1) is 5.82 Å². The normalized spacial score (nSPS) is 15.6. The predicted molar refractivity (Wildman–Crippen MR) is 107 cm³/mol. The van der Waals surface area contributed by atoms with Crippen LogP contribution in [0.25, 0.3) is 0 Å². The van der Waals surface area contributed by atoms with Crippen molar-refractivity contribution in [3.8, 4) is 0 Å². The standard InChI is InChI=1S/C21H25FN2O3S/c1-15(2)17-8-4-5-9-19(17)23-21(25)16-10-11-18(22)20(14-16)28(26,27)24-12-6-3-7-13-24/h4-5,8-11,14-15H,3,6-7,12-13H2,1-2H3,(H,23,25). The van der Waals surface area contributed by atoms with Gasteiger partial charge in [-0.1, -0.05) is 38.5 Å². The quantitative estimate of drug-likeness (QED) is 0.804. The molecule has 0 bridgehead atoms. The van der Waals surface area contributed by atoms with Crippen molar-refractivity contribution in [2.45, 2.75) is 43.9 Å². The Bertz CT molecular complexity index is 967. The van der Waals surface area contributed by atoms with E-state index in [0.717, 1.165) is 37.0 Å². The van der Waals surface area contributed by atoms with Crippen molar-refractivity contribution >= 4 is 21.6 Å². The van der Waals surface area contributed by atoms with Crippen molar-refractivity contribution in [2.24, 2.45) is 0 Å². The number of sulfonamides is 1. The Labute approximate surface area is 165 Å². The third-order valence-electron chi connectivity index (χ3n) is 4.96. The molecule has 2 aromatic rings. The molecule has 7 heteroatoms. The average Bonchev–Trinajstić information content (AvgIpc) is 2.69. The molecule has 0 saturated carbocycles. The Kier molecular flexibility index (Phi) is 6.15. The van der Waals surface area contributed by atoms with Gasteiger partial charge in [-0.3, -0.25) is 4.79 Å². The molecule has 1 heterocycles. The van der Waals surface area contributed by atoms with Gasteiger partial charge < -0.3 is 5.32 Å². The van der Waals surface area contributed by atoms with Gasteiger partial charge in [0, 0.05) is 24.3 Å². The van der Waals surface area contributed by atoms with Crippen molar-refractivity contribution in [1.82, 2.24) is 4.31 Å². The van der Waals surface area contributed by atoms with E-state index in [1.54, 1.807) is 6.07 Å². The van der Waals surface area contributed by atoms with Gasteiger partial charge in [0.15, 0.2) is 0 Å². The summed E-state index contributed by atoms with van der Waals surface area (Å²) in [6, 6.07) is 10.9. The van der Waals surface area contributed by atoms with E-state index < -0.39 is 26.6 Å². The van der Waals surface area contributed by atoms with Crippen LogP contribution in [-0.2, 0) is 10.0 Å². The van der Waals surface area contributed by atoms with Gasteiger partial charge in [0.2, 0.25) is 10.0 Å². The van der Waals surface area contributed by atoms with Crippen LogP contribution < -0.4 is 5.32 Å². The predicted octanol–water partition coefficient (Wildman–Crippen LogP) is 4.38. The molecule has 1 N–H and O–H groups in total. The SMILES string of the molecule is CC(C)c1ccccc1NC(=O)c1ccc(F)c(S(=O)(=O)N2CCCCC2)c1. The van der Waals surface area contributed by atoms with Crippen molar-refractivity contribution in [3.63, 3.8) is 0 Å². The lowest BCUT2D eigenvalue weighted by Gasteiger charge is -2.26. The zero-order chi connectivity index (χ0) is 20.3. The summed E-state index contributed by atoms with van der Waals surface area (Å²) in [4.78, 5) is 12.3. The van der Waals surface area contributed by atoms with Crippen LogP contribution in [0.4, 0.5) is 10.1 Å². The molecular weight excluding hydrogens is 379 g/mol. The number of piperidine rings is 1. The molecule has 2 aromatic carbocycles. The summed E-state index contributed by atoms with van der Waals surface area (Å²) in [5, 5.41) is 2.82. The van der Waals surface area contributed by atoms with Crippen LogP contribution in [0.3, 0.4) is 0 Å². The second-order valence-corrected chi connectivity index (χ2v) is 9.21. The molecule has 5 nitrogen and oxygen atoms in total. The Morgan fingerprint density at radius 2 is 1.75 bits per heavy atom. The molecule has 3 rings (SSSR count). The van der Waals surface area contributed by atoms with Crippen LogP contribution in [0.15, 0.2) is 47.4 Å². The molecule has 0 spiro atoms. The molecule has 0 unspecified atom stereocenters. The number of para-hydroxylation sites is 1. The number of carbonyl (C=O) groups excluding carboxylic acids is 1. The summed E-state index contributed by atoms with van der Waals surface area (Å²) < 4.78 is 41.3. The number of carbonyl (C=O) groups is 1. The van der Waals surface area contributed by atoms with Gasteiger partial charge in [-0.25, -0.2) is 12.8 Å². The molecular formula is C21H25FN2O3S. The van der Waals surface area contributed by atoms with Crippen LogP contribution in [-0.4, -0.2) is 31.7 Å². The highest BCUT2D eigenvalue weighted by Crippen LogP contribution is 2.26. The first-order valence-electron chi connectivity index (χ1n) is 9.50. The van der Waals surface area contributed by atoms with Crippen LogP contribution >= 0.6 is 0 Å². The molecule has 150 valence electrons. The smallest absolute Gasteiger partial charge is 0.255 e. The third kappa shape index (κ3) is 4.25. The summed E-state index contributed by atoms with van der Waals surface area (Å²) in [5.74, 6) is -1.10. The van der Waals surface area contributed by atoms with E-state index >= 15 is 0 Å². The van der Waals surface area contributed by atoms with E-state index in [2.05, 4.69) is 5.32 Å². The number of amides is 1. The molecule has 1 aliphatic rings. The summed E-state index contributed by atoms with van der Waals surface area (Å²) in [5.41, 5.74) is 1.74. The minimum absolute atomic E-state index is 0.107. The monoisotopic (exact) mass is 404 g/mol. The average molecular weight is 405 g/mol. The van der Waals surface area contributed by atoms with E-state index in [-0.39, 0.29) is 11.5 Å². The highest BCUT2D eigenvalue weighted by molar-refractivity contribution is 7.89. The second kappa shape index (κ2) is 8.41. The van der Waals surface area contributed by atoms with Crippen LogP contribution in [0.2, 0.25) is 0 Å². The number of hydrogen-bond acceptors (Lipinski definition) is 3. The van der Waals surface area contributed by atoms with Crippen molar-refractivity contribution in [3.05, 3.63) is 59.4 Å². The summed E-state index contributed by atoms with van der Waals surface area (Å²) in [7, 11) is -3.96. The molecule has 0 atom stereocenters. The number of rotatable bonds is 5. The van der Waals surface area contributed by atoms with Gasteiger partial charge in [0.05, 0.1) is 0 Å². The van der Waals surface area contributed by atoms with Crippen molar-refractivity contribution in [2.75, 3.05) is 18.4 Å². The Morgan fingerprint density at radius 3 is 2.43 bits per heavy atom. The lowest BCUT2D eigenvalue weighted by atomic mass is 10.0. The van der Waals surface area contributed by atoms with E-state index in [0.29, 0.717) is 18.8 Å². The van der Waals surface area contributed by atoms with Crippen LogP contribution in [0.1, 0.15) is 54.9 Å². The highest BCUT2D eigenvalue weighted by atomic mass is 32.2. The zero-order valence-electron chi connectivity index (χ0n) is 16.1. The Morgan fingerprint density at radius 1 is 1.07 bits per heavy atom. The van der Waals surface area contributed by atoms with Gasteiger partial charge >= 0.3 is 0 Å². The lowest BCUT2D eigenvalue weighted by molar-refractivity contribution is 0.102. The number of halogens is 1. The number of hydrogen-bond donors (Lipinski definition) is 1. The molecule has 1 fully saturated rings. The van der Waals surface area contributed by atoms with Crippen molar-refractivity contribution < 1.29 is 17.6 Å². The van der Waals surface area contributed by atoms with E-state index in [1.165, 1.54) is 10.4 Å². The first-order chi connectivity index (χ1) is 13.3. The maximum absolute atomic E-state index is 14.3. The second-order valence-electron chi connectivity index (χ2n) is 7.31. The Balaban J connectivity index is 1.90. The van der Waals surface area contributed by atoms with E-state index in [4.69, 9.17) is 0 Å². The maximum atomic E-state index is 14.3. The van der Waals surface area contributed by atoms with Gasteiger partial charge in [-0.15, -0.1) is 0 Å². The van der Waals surface area contributed by atoms with Gasteiger partial charge in [0.1, 0.15) is 10.7 Å². The Hall–Kier alpha value is -2.25. The van der Waals surface area contributed by atoms with Gasteiger partial charge in [-0.2, -0.15) is 4.31 Å². The largest absolute Gasteiger partial charge is 0.322 e. The minimum Gasteiger partial charge on any atom is -0.322 e. The molecule has 28 heavy (non-hydrogen) atoms. The van der Waals surface area contributed by atoms with Crippen molar-refractivity contribution in [1.29, 1.82) is 0 Å². The molecule has 0 aliphatic carbocycles. The number of anilines is 1. The molecule has 1 saturated heterocycles. The summed E-state index contributed by atoms with van der Waals surface area (Å²) in [6.45, 7) is 4.79. The molecule has 1 amide bonds. The number of nitrogens with one attached hydrogen (secondary N) is 1. The van der Waals surface area contributed by atoms with Gasteiger partial charge in [0.25, 0.3) is 5.91 Å². The first-order valence-corrected chi connectivity index (χ1v) is 10.9. The maximum Gasteiger partial charge on any atom is 0.255 e. The zero-order valence-corrected chi connectivity index (χ0v) is 16.9. The first kappa shape index (κ1) is 20.5. The topological polar surface area (TPSA) is 66.5 Å². The lowest BCUT2D eigenvalue weighted by Crippen LogP contribution is -2.36. The number of nitrogens with zero attached hydrogens (tertiary/aromatic N) is 1. The highest BCUT2D eigenvalue weighted by Gasteiger charge is 2.29. The summed E-state index contributed by atoms with van der Waals surface area (Å²) in [6.07, 6.45) is 2.48. The van der Waals surface area contributed by atoms with E-state index in [1.807, 2.05) is 32.0 Å². The van der Waals surface area contributed by atoms with Gasteiger partial charge in [-0.05, 0) is 48.6 Å². The fraction of sp³-hybridized carbons (Fsp3) is 0.381. The van der Waals surface area contributed by atoms with Crippen LogP contribution in [0.5, 0.6) is 0 Å². The van der Waals surface area contributed by atoms with E-state index in [9.17, 15) is 17.6 Å². The molecule has 0 aromatic heterocycles. The minimum atomic E-state index is -3.96. The fourth-order valence-electron chi connectivity index (χ4n) is 3.40. The molecule has 0 radical (unpaired) electrons.